The van der Waals surface area contributed by atoms with Crippen LogP contribution in [-0.2, 0) is 12.6 Å². The van der Waals surface area contributed by atoms with E-state index in [2.05, 4.69) is 19.1 Å². The summed E-state index contributed by atoms with van der Waals surface area (Å²) in [5.41, 5.74) is 0.981. The molecule has 0 radical (unpaired) electrons. The number of unbranched alkanes of at least 4 members (excludes halogenated alkanes) is 12. The van der Waals surface area contributed by atoms with Gasteiger partial charge in [-0.3, -0.25) is 0 Å². The zero-order valence-electron chi connectivity index (χ0n) is 20.7. The molecule has 0 fully saturated rings. The van der Waals surface area contributed by atoms with Crippen LogP contribution in [0.25, 0.3) is 10.8 Å². The van der Waals surface area contributed by atoms with Crippen LogP contribution in [0, 0.1) is 3.57 Å². The average Bonchev–Trinajstić information content (AvgIpc) is 2.82. The van der Waals surface area contributed by atoms with Crippen LogP contribution < -0.4 is 0 Å². The Kier molecular flexibility index (Phi) is 14.1. The van der Waals surface area contributed by atoms with Crippen LogP contribution in [0.4, 0.5) is 0 Å². The molecule has 0 aliphatic heterocycles. The van der Waals surface area contributed by atoms with Gasteiger partial charge in [-0.05, 0) is 55.5 Å². The fourth-order valence-electron chi connectivity index (χ4n) is 4.50. The molecular weight excluding hydrogens is 539 g/mol. The van der Waals surface area contributed by atoms with Gasteiger partial charge < -0.3 is 5.11 Å². The van der Waals surface area contributed by atoms with E-state index >= 15 is 0 Å². The van der Waals surface area contributed by atoms with Gasteiger partial charge in [-0.2, -0.15) is 0 Å². The standard InChI is InChI=1S/C29H41IO4/c1-2-3-4-5-6-7-8-9-10-11-12-13-14-15-16-17-19-24-20-18-21-26-25(24)22-23-27(29(31)32)28(26)30(33)34/h11-12,18,20-23H,2-10,13-17,19H2,1H3,(H,31,32). The van der Waals surface area contributed by atoms with Gasteiger partial charge in [0, 0.05) is 5.39 Å². The molecule has 0 aromatic heterocycles. The van der Waals surface area contributed by atoms with Gasteiger partial charge >= 0.3 is 25.8 Å². The summed E-state index contributed by atoms with van der Waals surface area (Å²) >= 11 is -3.93. The van der Waals surface area contributed by atoms with Gasteiger partial charge in [-0.25, -0.2) is 10.9 Å². The summed E-state index contributed by atoms with van der Waals surface area (Å²) in [6, 6.07) is 8.78. The van der Waals surface area contributed by atoms with E-state index in [4.69, 9.17) is 0 Å². The van der Waals surface area contributed by atoms with Gasteiger partial charge in [0.05, 0.1) is 9.13 Å². The molecular formula is C29H41IO4. The summed E-state index contributed by atoms with van der Waals surface area (Å²) in [5, 5.41) is 10.8. The van der Waals surface area contributed by atoms with E-state index in [0.29, 0.717) is 5.39 Å². The Labute approximate surface area is 212 Å². The smallest absolute Gasteiger partial charge is 0.342 e. The first-order valence-electron chi connectivity index (χ1n) is 13.0. The number of hydrogen-bond acceptors (Lipinski definition) is 3. The quantitative estimate of drug-likeness (QED) is 0.108. The highest BCUT2D eigenvalue weighted by atomic mass is 127. The first-order valence-corrected chi connectivity index (χ1v) is 15.9. The van der Waals surface area contributed by atoms with Gasteiger partial charge in [-0.15, -0.1) is 0 Å². The van der Waals surface area contributed by atoms with Crippen molar-refractivity contribution in [3.63, 3.8) is 0 Å². The topological polar surface area (TPSA) is 71.4 Å². The summed E-state index contributed by atoms with van der Waals surface area (Å²) in [6.45, 7) is 2.26. The van der Waals surface area contributed by atoms with E-state index in [1.54, 1.807) is 12.1 Å². The molecule has 0 bridgehead atoms. The van der Waals surface area contributed by atoms with Gasteiger partial charge in [0.25, 0.3) is 0 Å². The summed E-state index contributed by atoms with van der Waals surface area (Å²) in [7, 11) is 0. The van der Waals surface area contributed by atoms with Crippen LogP contribution in [0.2, 0.25) is 0 Å². The third-order valence-electron chi connectivity index (χ3n) is 6.43. The maximum absolute atomic E-state index is 11.8. The van der Waals surface area contributed by atoms with E-state index in [1.165, 1.54) is 76.7 Å². The summed E-state index contributed by atoms with van der Waals surface area (Å²) in [5.74, 6) is -1.19. The third kappa shape index (κ3) is 9.85. The zero-order chi connectivity index (χ0) is 24.6. The Bertz CT molecular complexity index is 983. The highest BCUT2D eigenvalue weighted by Crippen LogP contribution is 2.32. The third-order valence-corrected chi connectivity index (χ3v) is 8.47. The van der Waals surface area contributed by atoms with E-state index < -0.39 is 25.8 Å². The first-order chi connectivity index (χ1) is 16.6. The minimum atomic E-state index is -3.93. The molecule has 0 spiro atoms. The molecule has 5 heteroatoms. The maximum atomic E-state index is 11.8. The number of fused-ring (bicyclic) bond motifs is 1. The van der Waals surface area contributed by atoms with Crippen LogP contribution in [0.5, 0.6) is 0 Å². The minimum Gasteiger partial charge on any atom is -0.478 e. The highest BCUT2D eigenvalue weighted by Gasteiger charge is 2.18. The maximum Gasteiger partial charge on any atom is 0.342 e. The molecule has 188 valence electrons. The van der Waals surface area contributed by atoms with Crippen molar-refractivity contribution in [3.8, 4) is 0 Å². The molecule has 0 aliphatic carbocycles. The van der Waals surface area contributed by atoms with Crippen molar-refractivity contribution in [1.82, 2.24) is 0 Å². The summed E-state index contributed by atoms with van der Waals surface area (Å²) in [6.07, 6.45) is 23.5. The lowest BCUT2D eigenvalue weighted by Gasteiger charge is -2.09. The number of benzene rings is 2. The molecule has 0 atom stereocenters. The van der Waals surface area contributed by atoms with Gasteiger partial charge in [0.1, 0.15) is 0 Å². The lowest BCUT2D eigenvalue weighted by molar-refractivity contribution is 0.0696. The second kappa shape index (κ2) is 16.8. The molecule has 0 amide bonds. The van der Waals surface area contributed by atoms with Crippen molar-refractivity contribution in [2.75, 3.05) is 0 Å². The van der Waals surface area contributed by atoms with Crippen molar-refractivity contribution in [2.24, 2.45) is 0 Å². The lowest BCUT2D eigenvalue weighted by atomic mass is 9.98. The molecule has 4 nitrogen and oxygen atoms in total. The van der Waals surface area contributed by atoms with Crippen molar-refractivity contribution in [3.05, 3.63) is 57.2 Å². The number of carboxylic acid groups (broad SMARTS) is 1. The van der Waals surface area contributed by atoms with Crippen LogP contribution in [0.15, 0.2) is 42.5 Å². The molecule has 0 aliphatic rings. The van der Waals surface area contributed by atoms with E-state index in [0.717, 1.165) is 36.6 Å². The molecule has 2 aromatic rings. The van der Waals surface area contributed by atoms with Crippen molar-refractivity contribution in [2.45, 2.75) is 103 Å². The Morgan fingerprint density at radius 3 is 1.94 bits per heavy atom. The molecule has 34 heavy (non-hydrogen) atoms. The van der Waals surface area contributed by atoms with Crippen LogP contribution in [0.1, 0.15) is 113 Å². The second-order valence-electron chi connectivity index (χ2n) is 9.15. The minimum absolute atomic E-state index is 0.00908. The van der Waals surface area contributed by atoms with E-state index in [-0.39, 0.29) is 9.13 Å². The van der Waals surface area contributed by atoms with Crippen molar-refractivity contribution >= 4 is 36.5 Å². The van der Waals surface area contributed by atoms with Gasteiger partial charge in [0.2, 0.25) is 0 Å². The van der Waals surface area contributed by atoms with Gasteiger partial charge in [0.15, 0.2) is 0 Å². The molecule has 2 aromatic carbocycles. The highest BCUT2D eigenvalue weighted by molar-refractivity contribution is 14.2. The van der Waals surface area contributed by atoms with Crippen LogP contribution in [0.3, 0.4) is 0 Å². The lowest BCUT2D eigenvalue weighted by Crippen LogP contribution is -2.01. The normalized spacial score (nSPS) is 11.7. The van der Waals surface area contributed by atoms with E-state index in [1.807, 2.05) is 12.1 Å². The molecule has 0 saturated heterocycles. The largest absolute Gasteiger partial charge is 0.478 e. The Morgan fingerprint density at radius 2 is 1.35 bits per heavy atom. The van der Waals surface area contributed by atoms with Crippen LogP contribution in [-0.4, -0.2) is 11.1 Å². The van der Waals surface area contributed by atoms with Gasteiger partial charge in [-0.1, -0.05) is 101 Å². The number of hydrogen-bond donors (Lipinski definition) is 1. The Balaban J connectivity index is 1.65. The fraction of sp³-hybridized carbons (Fsp3) is 0.552. The number of allylic oxidation sites excluding steroid dienone is 2. The molecule has 2 rings (SSSR count). The first kappa shape index (κ1) is 28.5. The number of aryl methyl sites for hydroxylation is 1. The monoisotopic (exact) mass is 580 g/mol. The molecule has 0 saturated carbocycles. The van der Waals surface area contributed by atoms with Crippen LogP contribution >= 0.6 is 19.8 Å². The zero-order valence-corrected chi connectivity index (χ0v) is 22.9. The Morgan fingerprint density at radius 1 is 0.765 bits per heavy atom. The summed E-state index contributed by atoms with van der Waals surface area (Å²) in [4.78, 5) is 11.4. The molecule has 1 N–H and O–H groups in total. The number of carbonyl (C=O) groups is 1. The SMILES string of the molecule is CCCCCCCCCCC=CCCCCCCc1cccc2c(I(=O)=O)c(C(=O)O)ccc12. The molecule has 0 heterocycles. The van der Waals surface area contributed by atoms with E-state index in [9.17, 15) is 16.0 Å². The predicted octanol–water partition coefficient (Wildman–Crippen LogP) is 9.48. The number of halogens is 1. The molecule has 0 unspecified atom stereocenters. The Hall–Kier alpha value is -1.76. The number of aromatic carboxylic acids is 1. The summed E-state index contributed by atoms with van der Waals surface area (Å²) < 4.78 is 23.7. The fourth-order valence-corrected chi connectivity index (χ4v) is 6.33. The second-order valence-corrected chi connectivity index (χ2v) is 11.5. The average molecular weight is 581 g/mol. The number of rotatable bonds is 18. The van der Waals surface area contributed by atoms with Crippen molar-refractivity contribution in [1.29, 1.82) is 0 Å². The number of carboxylic acids is 1. The van der Waals surface area contributed by atoms with Crippen molar-refractivity contribution < 1.29 is 16.0 Å². The predicted molar refractivity (Wildman–Crippen MR) is 148 cm³/mol.